The van der Waals surface area contributed by atoms with Crippen LogP contribution < -0.4 is 17.3 Å². The summed E-state index contributed by atoms with van der Waals surface area (Å²) in [6.07, 6.45) is 2.39. The summed E-state index contributed by atoms with van der Waals surface area (Å²) in [6.45, 7) is 2.94. The first-order valence-electron chi connectivity index (χ1n) is 8.84. The maximum absolute atomic E-state index is 13.7. The van der Waals surface area contributed by atoms with Crippen molar-refractivity contribution in [2.24, 2.45) is 17.3 Å². The molecule has 1 saturated heterocycles. The highest BCUT2D eigenvalue weighted by Gasteiger charge is 2.51. The molecule has 0 spiro atoms. The summed E-state index contributed by atoms with van der Waals surface area (Å²) in [5.74, 6) is 3.76. The van der Waals surface area contributed by atoms with Crippen LogP contribution in [-0.2, 0) is 26.4 Å². The highest BCUT2D eigenvalue weighted by molar-refractivity contribution is 6.39. The number of halogens is 1. The Hall–Kier alpha value is -1.87. The Bertz CT molecular complexity index is 670. The van der Waals surface area contributed by atoms with Gasteiger partial charge >= 0.3 is 0 Å². The number of ketones is 1. The Morgan fingerprint density at radius 1 is 1.42 bits per heavy atom. The first-order valence-corrected chi connectivity index (χ1v) is 8.84. The molecule has 1 amide bonds. The first kappa shape index (κ1) is 20.4. The lowest BCUT2D eigenvalue weighted by Crippen LogP contribution is -2.63. The fraction of sp³-hybridized carbons (Fsp3) is 0.556. The summed E-state index contributed by atoms with van der Waals surface area (Å²) in [5, 5.41) is 1.31. The molecule has 2 unspecified atom stereocenters. The number of amides is 1. The standard InChI is InChI=1S/C18H27FN4O3/c1-2-3-8-26-14-6-7-23(22)18(10-14,16(24)17(21)25)15-5-4-13(19)9-12(15)11-20/h4-5,9,14H,2-3,6-8,10-11,20,22H2,1H3,(H2,21,25). The van der Waals surface area contributed by atoms with E-state index in [0.717, 1.165) is 12.8 Å². The number of carbonyl (C=O) groups is 2. The molecule has 144 valence electrons. The summed E-state index contributed by atoms with van der Waals surface area (Å²) in [6, 6.07) is 3.92. The Balaban J connectivity index is 2.50. The molecule has 2 atom stereocenters. The fourth-order valence-corrected chi connectivity index (χ4v) is 3.51. The lowest BCUT2D eigenvalue weighted by molar-refractivity contribution is -0.151. The topological polar surface area (TPSA) is 125 Å². The second kappa shape index (κ2) is 8.68. The maximum Gasteiger partial charge on any atom is 0.287 e. The quantitative estimate of drug-likeness (QED) is 0.353. The van der Waals surface area contributed by atoms with Gasteiger partial charge in [-0.3, -0.25) is 15.4 Å². The number of benzene rings is 1. The number of piperidine rings is 1. The maximum atomic E-state index is 13.7. The number of nitrogens with two attached hydrogens (primary N) is 3. The Morgan fingerprint density at radius 3 is 2.77 bits per heavy atom. The van der Waals surface area contributed by atoms with E-state index in [0.29, 0.717) is 30.7 Å². The average Bonchev–Trinajstić information content (AvgIpc) is 2.62. The second-order valence-corrected chi connectivity index (χ2v) is 6.59. The van der Waals surface area contributed by atoms with E-state index in [1.54, 1.807) is 0 Å². The smallest absolute Gasteiger partial charge is 0.287 e. The molecule has 0 radical (unpaired) electrons. The van der Waals surface area contributed by atoms with Gasteiger partial charge in [0.25, 0.3) is 5.91 Å². The number of hydrazine groups is 1. The summed E-state index contributed by atoms with van der Waals surface area (Å²) in [4.78, 5) is 24.7. The SMILES string of the molecule is CCCCOC1CCN(N)C(C(=O)C(N)=O)(c2ccc(F)cc2CN)C1. The summed E-state index contributed by atoms with van der Waals surface area (Å²) < 4.78 is 19.5. The monoisotopic (exact) mass is 366 g/mol. The van der Waals surface area contributed by atoms with Crippen molar-refractivity contribution in [1.82, 2.24) is 5.01 Å². The largest absolute Gasteiger partial charge is 0.378 e. The van der Waals surface area contributed by atoms with E-state index in [-0.39, 0.29) is 19.1 Å². The van der Waals surface area contributed by atoms with Crippen molar-refractivity contribution in [2.75, 3.05) is 13.2 Å². The van der Waals surface area contributed by atoms with E-state index in [9.17, 15) is 14.0 Å². The molecule has 1 aliphatic heterocycles. The molecule has 2 rings (SSSR count). The highest BCUT2D eigenvalue weighted by Crippen LogP contribution is 2.39. The van der Waals surface area contributed by atoms with Gasteiger partial charge in [-0.25, -0.2) is 9.40 Å². The number of hydrogen-bond acceptors (Lipinski definition) is 6. The minimum absolute atomic E-state index is 0.00389. The average molecular weight is 366 g/mol. The first-order chi connectivity index (χ1) is 12.4. The van der Waals surface area contributed by atoms with Crippen molar-refractivity contribution in [1.29, 1.82) is 0 Å². The van der Waals surface area contributed by atoms with Crippen molar-refractivity contribution in [3.8, 4) is 0 Å². The second-order valence-electron chi connectivity index (χ2n) is 6.59. The molecule has 0 aromatic heterocycles. The highest BCUT2D eigenvalue weighted by atomic mass is 19.1. The third-order valence-electron chi connectivity index (χ3n) is 4.89. The Morgan fingerprint density at radius 2 is 2.15 bits per heavy atom. The van der Waals surface area contributed by atoms with Gasteiger partial charge in [0.05, 0.1) is 6.10 Å². The number of unbranched alkanes of at least 4 members (excludes halogenated alkanes) is 1. The molecule has 1 heterocycles. The van der Waals surface area contributed by atoms with Gasteiger partial charge in [-0.15, -0.1) is 0 Å². The van der Waals surface area contributed by atoms with E-state index in [1.807, 2.05) is 0 Å². The van der Waals surface area contributed by atoms with Crippen molar-refractivity contribution in [3.63, 3.8) is 0 Å². The molecule has 0 saturated carbocycles. The Kier molecular flexibility index (Phi) is 6.82. The molecule has 1 aliphatic rings. The zero-order chi connectivity index (χ0) is 19.3. The van der Waals surface area contributed by atoms with Crippen LogP contribution in [0.5, 0.6) is 0 Å². The van der Waals surface area contributed by atoms with Gasteiger partial charge in [0, 0.05) is 26.1 Å². The summed E-state index contributed by atoms with van der Waals surface area (Å²) in [5.41, 5.74) is 10.4. The lowest BCUT2D eigenvalue weighted by atomic mass is 9.75. The van der Waals surface area contributed by atoms with Crippen LogP contribution in [0.2, 0.25) is 0 Å². The zero-order valence-electron chi connectivity index (χ0n) is 15.0. The van der Waals surface area contributed by atoms with E-state index < -0.39 is 23.0 Å². The van der Waals surface area contributed by atoms with Crippen molar-refractivity contribution in [3.05, 3.63) is 35.1 Å². The zero-order valence-corrected chi connectivity index (χ0v) is 15.0. The number of rotatable bonds is 8. The van der Waals surface area contributed by atoms with Crippen molar-refractivity contribution in [2.45, 2.75) is 50.8 Å². The van der Waals surface area contributed by atoms with Gasteiger partial charge in [-0.2, -0.15) is 0 Å². The van der Waals surface area contributed by atoms with Crippen LogP contribution in [0.3, 0.4) is 0 Å². The van der Waals surface area contributed by atoms with E-state index >= 15 is 0 Å². The van der Waals surface area contributed by atoms with Gasteiger partial charge in [-0.1, -0.05) is 19.4 Å². The molecule has 6 N–H and O–H groups in total. The van der Waals surface area contributed by atoms with Crippen LogP contribution in [0.4, 0.5) is 4.39 Å². The van der Waals surface area contributed by atoms with Gasteiger partial charge in [-0.05, 0) is 36.1 Å². The molecule has 7 nitrogen and oxygen atoms in total. The number of primary amides is 1. The van der Waals surface area contributed by atoms with Gasteiger partial charge in [0.15, 0.2) is 0 Å². The molecular weight excluding hydrogens is 339 g/mol. The third kappa shape index (κ3) is 3.93. The number of hydrogen-bond donors (Lipinski definition) is 3. The van der Waals surface area contributed by atoms with Crippen LogP contribution >= 0.6 is 0 Å². The van der Waals surface area contributed by atoms with Gasteiger partial charge in [0.1, 0.15) is 11.4 Å². The van der Waals surface area contributed by atoms with E-state index in [2.05, 4.69) is 6.92 Å². The van der Waals surface area contributed by atoms with E-state index in [4.69, 9.17) is 22.0 Å². The Labute approximate surface area is 152 Å². The molecule has 0 bridgehead atoms. The number of Topliss-reactive ketones (excluding diaryl/α,β-unsaturated/α-hetero) is 1. The van der Waals surface area contributed by atoms with Gasteiger partial charge < -0.3 is 16.2 Å². The summed E-state index contributed by atoms with van der Waals surface area (Å²) >= 11 is 0. The third-order valence-corrected chi connectivity index (χ3v) is 4.89. The minimum Gasteiger partial charge on any atom is -0.378 e. The predicted octanol–water partition coefficient (Wildman–Crippen LogP) is 0.689. The van der Waals surface area contributed by atoms with E-state index in [1.165, 1.54) is 23.2 Å². The van der Waals surface area contributed by atoms with Crippen molar-refractivity contribution >= 4 is 11.7 Å². The number of carbonyl (C=O) groups excluding carboxylic acids is 2. The molecule has 0 aliphatic carbocycles. The van der Waals surface area contributed by atoms with Crippen LogP contribution in [0.25, 0.3) is 0 Å². The van der Waals surface area contributed by atoms with Crippen LogP contribution in [0.15, 0.2) is 18.2 Å². The molecule has 1 aromatic carbocycles. The van der Waals surface area contributed by atoms with Crippen molar-refractivity contribution < 1.29 is 18.7 Å². The number of ether oxygens (including phenoxy) is 1. The number of nitrogens with zero attached hydrogens (tertiary/aromatic N) is 1. The minimum atomic E-state index is -1.51. The van der Waals surface area contributed by atoms with Gasteiger partial charge in [0.2, 0.25) is 5.78 Å². The normalized spacial score (nSPS) is 23.8. The predicted molar refractivity (Wildman–Crippen MR) is 94.9 cm³/mol. The molecule has 26 heavy (non-hydrogen) atoms. The van der Waals surface area contributed by atoms with Crippen LogP contribution in [-0.4, -0.2) is 36.0 Å². The molecule has 1 aromatic rings. The lowest BCUT2D eigenvalue weighted by Gasteiger charge is -2.46. The molecule has 1 fully saturated rings. The fourth-order valence-electron chi connectivity index (χ4n) is 3.51. The van der Waals surface area contributed by atoms with Crippen LogP contribution in [0, 0.1) is 5.82 Å². The molecule has 8 heteroatoms. The van der Waals surface area contributed by atoms with Crippen LogP contribution in [0.1, 0.15) is 43.7 Å². The molecular formula is C18H27FN4O3. The summed E-state index contributed by atoms with van der Waals surface area (Å²) in [7, 11) is 0.